The van der Waals surface area contributed by atoms with E-state index in [9.17, 15) is 0 Å². The van der Waals surface area contributed by atoms with Crippen LogP contribution >= 0.6 is 0 Å². The summed E-state index contributed by atoms with van der Waals surface area (Å²) in [5.74, 6) is 0.987. The summed E-state index contributed by atoms with van der Waals surface area (Å²) < 4.78 is 6.11. The first-order valence-electron chi connectivity index (χ1n) is 7.94. The number of unbranched alkanes of at least 4 members (excludes halogenated alkanes) is 2. The van der Waals surface area contributed by atoms with E-state index in [4.69, 9.17) is 4.74 Å². The van der Waals surface area contributed by atoms with Crippen LogP contribution in [0.4, 0.5) is 5.69 Å². The van der Waals surface area contributed by atoms with Gasteiger partial charge in [0.2, 0.25) is 0 Å². The van der Waals surface area contributed by atoms with E-state index in [0.717, 1.165) is 24.5 Å². The Labute approximate surface area is 123 Å². The van der Waals surface area contributed by atoms with Crippen molar-refractivity contribution in [3.8, 4) is 5.75 Å². The lowest BCUT2D eigenvalue weighted by atomic mass is 10.1. The summed E-state index contributed by atoms with van der Waals surface area (Å²) in [5.41, 5.74) is 1.12. The van der Waals surface area contributed by atoms with Crippen molar-refractivity contribution in [2.45, 2.75) is 52.2 Å². The predicted molar refractivity (Wildman–Crippen MR) is 85.6 cm³/mol. The minimum atomic E-state index is 0.244. The lowest BCUT2D eigenvalue weighted by Gasteiger charge is -2.34. The maximum absolute atomic E-state index is 6.11. The number of hydrogen-bond acceptors (Lipinski definition) is 3. The monoisotopic (exact) mass is 276 g/mol. The molecular weight excluding hydrogens is 248 g/mol. The molecule has 0 amide bonds. The standard InChI is InChI=1S/C17H28N2O/c1-4-5-8-11-19(14(2)3)13-15-12-18-16-9-6-7-10-17(16)20-15/h6-7,9-10,14-15,18H,4-5,8,11-13H2,1-3H3. The second-order valence-electron chi connectivity index (χ2n) is 5.91. The number of para-hydroxylation sites is 2. The van der Waals surface area contributed by atoms with Gasteiger partial charge in [0.05, 0.1) is 12.2 Å². The van der Waals surface area contributed by atoms with Crippen LogP contribution in [0.2, 0.25) is 0 Å². The van der Waals surface area contributed by atoms with E-state index in [1.807, 2.05) is 18.2 Å². The zero-order valence-corrected chi connectivity index (χ0v) is 13.1. The van der Waals surface area contributed by atoms with Gasteiger partial charge in [0.15, 0.2) is 0 Å². The lowest BCUT2D eigenvalue weighted by molar-refractivity contribution is 0.114. The summed E-state index contributed by atoms with van der Waals surface area (Å²) in [6, 6.07) is 8.77. The molecule has 1 unspecified atom stereocenters. The minimum absolute atomic E-state index is 0.244. The van der Waals surface area contributed by atoms with Crippen LogP contribution in [0.3, 0.4) is 0 Å². The number of anilines is 1. The van der Waals surface area contributed by atoms with Crippen molar-refractivity contribution in [2.75, 3.05) is 25.0 Å². The fourth-order valence-electron chi connectivity index (χ4n) is 2.65. The van der Waals surface area contributed by atoms with Crippen molar-refractivity contribution in [1.82, 2.24) is 4.90 Å². The largest absolute Gasteiger partial charge is 0.485 e. The van der Waals surface area contributed by atoms with E-state index in [1.165, 1.54) is 25.8 Å². The molecule has 0 fully saturated rings. The maximum atomic E-state index is 6.11. The number of ether oxygens (including phenoxy) is 1. The van der Waals surface area contributed by atoms with Gasteiger partial charge in [-0.3, -0.25) is 4.90 Å². The summed E-state index contributed by atoms with van der Waals surface area (Å²) in [4.78, 5) is 2.54. The van der Waals surface area contributed by atoms with Crippen LogP contribution in [0.1, 0.15) is 40.0 Å². The molecule has 0 bridgehead atoms. The van der Waals surface area contributed by atoms with Crippen LogP contribution in [0.25, 0.3) is 0 Å². The van der Waals surface area contributed by atoms with Crippen molar-refractivity contribution in [3.63, 3.8) is 0 Å². The quantitative estimate of drug-likeness (QED) is 0.767. The first kappa shape index (κ1) is 15.2. The fourth-order valence-corrected chi connectivity index (χ4v) is 2.65. The van der Waals surface area contributed by atoms with Crippen molar-refractivity contribution in [3.05, 3.63) is 24.3 Å². The van der Waals surface area contributed by atoms with Crippen LogP contribution in [-0.2, 0) is 0 Å². The zero-order valence-electron chi connectivity index (χ0n) is 13.1. The smallest absolute Gasteiger partial charge is 0.142 e. The molecule has 0 spiro atoms. The Hall–Kier alpha value is -1.22. The third kappa shape index (κ3) is 4.14. The van der Waals surface area contributed by atoms with Gasteiger partial charge in [-0.2, -0.15) is 0 Å². The van der Waals surface area contributed by atoms with E-state index in [2.05, 4.69) is 37.1 Å². The van der Waals surface area contributed by atoms with Crippen molar-refractivity contribution < 1.29 is 4.74 Å². The number of fused-ring (bicyclic) bond motifs is 1. The number of rotatable bonds is 7. The first-order valence-corrected chi connectivity index (χ1v) is 7.94. The highest BCUT2D eigenvalue weighted by molar-refractivity contribution is 5.57. The second kappa shape index (κ2) is 7.53. The Morgan fingerprint density at radius 2 is 2.10 bits per heavy atom. The highest BCUT2D eigenvalue weighted by atomic mass is 16.5. The van der Waals surface area contributed by atoms with Crippen molar-refractivity contribution in [2.24, 2.45) is 0 Å². The molecule has 0 saturated heterocycles. The Morgan fingerprint density at radius 3 is 2.85 bits per heavy atom. The Morgan fingerprint density at radius 1 is 1.30 bits per heavy atom. The van der Waals surface area contributed by atoms with E-state index in [1.54, 1.807) is 0 Å². The van der Waals surface area contributed by atoms with Gasteiger partial charge in [-0.25, -0.2) is 0 Å². The van der Waals surface area contributed by atoms with E-state index < -0.39 is 0 Å². The molecule has 20 heavy (non-hydrogen) atoms. The van der Waals surface area contributed by atoms with Crippen LogP contribution < -0.4 is 10.1 Å². The highest BCUT2D eigenvalue weighted by Crippen LogP contribution is 2.28. The second-order valence-corrected chi connectivity index (χ2v) is 5.91. The average molecular weight is 276 g/mol. The molecule has 3 nitrogen and oxygen atoms in total. The van der Waals surface area contributed by atoms with E-state index >= 15 is 0 Å². The Balaban J connectivity index is 1.88. The Kier molecular flexibility index (Phi) is 5.72. The summed E-state index contributed by atoms with van der Waals surface area (Å²) in [7, 11) is 0. The van der Waals surface area contributed by atoms with E-state index in [0.29, 0.717) is 6.04 Å². The van der Waals surface area contributed by atoms with Gasteiger partial charge in [0, 0.05) is 12.6 Å². The minimum Gasteiger partial charge on any atom is -0.485 e. The third-order valence-corrected chi connectivity index (χ3v) is 3.92. The lowest BCUT2D eigenvalue weighted by Crippen LogP contribution is -2.44. The number of benzene rings is 1. The van der Waals surface area contributed by atoms with E-state index in [-0.39, 0.29) is 6.10 Å². The number of hydrogen-bond donors (Lipinski definition) is 1. The molecule has 1 aromatic rings. The zero-order chi connectivity index (χ0) is 14.4. The summed E-state index contributed by atoms with van der Waals surface area (Å²) in [6.07, 6.45) is 4.12. The molecule has 1 heterocycles. The molecule has 1 N–H and O–H groups in total. The topological polar surface area (TPSA) is 24.5 Å². The molecule has 1 atom stereocenters. The Bertz CT molecular complexity index is 406. The molecule has 0 radical (unpaired) electrons. The van der Waals surface area contributed by atoms with Crippen molar-refractivity contribution in [1.29, 1.82) is 0 Å². The SMILES string of the molecule is CCCCCN(CC1CNc2ccccc2O1)C(C)C. The molecule has 0 aromatic heterocycles. The van der Waals surface area contributed by atoms with Gasteiger partial charge in [-0.1, -0.05) is 31.9 Å². The summed E-state index contributed by atoms with van der Waals surface area (Å²) >= 11 is 0. The fraction of sp³-hybridized carbons (Fsp3) is 0.647. The van der Waals surface area contributed by atoms with Crippen LogP contribution in [0, 0.1) is 0 Å². The molecule has 1 aromatic carbocycles. The van der Waals surface area contributed by atoms with Gasteiger partial charge in [-0.05, 0) is 38.9 Å². The first-order chi connectivity index (χ1) is 9.70. The van der Waals surface area contributed by atoms with Gasteiger partial charge in [0.1, 0.15) is 11.9 Å². The number of nitrogens with one attached hydrogen (secondary N) is 1. The third-order valence-electron chi connectivity index (χ3n) is 3.92. The molecule has 112 valence electrons. The molecule has 0 saturated carbocycles. The number of nitrogens with zero attached hydrogens (tertiary/aromatic N) is 1. The average Bonchev–Trinajstić information content (AvgIpc) is 2.46. The van der Waals surface area contributed by atoms with Crippen molar-refractivity contribution >= 4 is 5.69 Å². The van der Waals surface area contributed by atoms with Crippen LogP contribution in [0.15, 0.2) is 24.3 Å². The van der Waals surface area contributed by atoms with Crippen LogP contribution in [-0.4, -0.2) is 36.7 Å². The van der Waals surface area contributed by atoms with Gasteiger partial charge in [0.25, 0.3) is 0 Å². The molecular formula is C17H28N2O. The normalized spacial score (nSPS) is 17.8. The summed E-state index contributed by atoms with van der Waals surface area (Å²) in [6.45, 7) is 9.88. The van der Waals surface area contributed by atoms with Gasteiger partial charge in [-0.15, -0.1) is 0 Å². The highest BCUT2D eigenvalue weighted by Gasteiger charge is 2.22. The summed E-state index contributed by atoms with van der Waals surface area (Å²) in [5, 5.41) is 3.47. The molecule has 3 heteroatoms. The predicted octanol–water partition coefficient (Wildman–Crippen LogP) is 3.76. The van der Waals surface area contributed by atoms with Gasteiger partial charge < -0.3 is 10.1 Å². The van der Waals surface area contributed by atoms with Crippen LogP contribution in [0.5, 0.6) is 5.75 Å². The molecule has 1 aliphatic heterocycles. The maximum Gasteiger partial charge on any atom is 0.142 e. The molecule has 1 aliphatic rings. The molecule has 2 rings (SSSR count). The van der Waals surface area contributed by atoms with Gasteiger partial charge >= 0.3 is 0 Å². The molecule has 0 aliphatic carbocycles.